The van der Waals surface area contributed by atoms with Gasteiger partial charge in [-0.25, -0.2) is 4.79 Å². The Bertz CT molecular complexity index is 924. The van der Waals surface area contributed by atoms with Crippen LogP contribution in [-0.2, 0) is 4.74 Å². The molecule has 2 aromatic carbocycles. The fourth-order valence-corrected chi connectivity index (χ4v) is 2.79. The van der Waals surface area contributed by atoms with Crippen molar-refractivity contribution in [2.75, 3.05) is 12.4 Å². The largest absolute Gasteiger partial charge is 0.465 e. The van der Waals surface area contributed by atoms with Crippen LogP contribution in [0, 0.1) is 13.8 Å². The summed E-state index contributed by atoms with van der Waals surface area (Å²) in [6, 6.07) is 12.5. The number of aromatic nitrogens is 1. The molecule has 0 aliphatic rings. The van der Waals surface area contributed by atoms with Gasteiger partial charge in [-0.1, -0.05) is 18.2 Å². The van der Waals surface area contributed by atoms with E-state index < -0.39 is 5.97 Å². The number of benzene rings is 2. The van der Waals surface area contributed by atoms with Gasteiger partial charge in [0.25, 0.3) is 5.91 Å². The van der Waals surface area contributed by atoms with Gasteiger partial charge in [0.05, 0.1) is 18.2 Å². The molecule has 0 saturated carbocycles. The van der Waals surface area contributed by atoms with Crippen LogP contribution in [0.15, 0.2) is 42.5 Å². The highest BCUT2D eigenvalue weighted by atomic mass is 16.5. The zero-order valence-corrected chi connectivity index (χ0v) is 13.8. The van der Waals surface area contributed by atoms with Crippen LogP contribution in [0.2, 0.25) is 0 Å². The van der Waals surface area contributed by atoms with Crippen molar-refractivity contribution < 1.29 is 14.3 Å². The number of carbonyl (C=O) groups excluding carboxylic acids is 2. The molecule has 0 spiro atoms. The lowest BCUT2D eigenvalue weighted by atomic mass is 10.1. The Balaban J connectivity index is 1.89. The van der Waals surface area contributed by atoms with E-state index in [4.69, 9.17) is 0 Å². The molecule has 0 saturated heterocycles. The van der Waals surface area contributed by atoms with Gasteiger partial charge in [-0.15, -0.1) is 0 Å². The summed E-state index contributed by atoms with van der Waals surface area (Å²) in [5, 5.41) is 3.77. The van der Waals surface area contributed by atoms with Gasteiger partial charge in [-0.2, -0.15) is 0 Å². The molecule has 5 nitrogen and oxygen atoms in total. The highest BCUT2D eigenvalue weighted by molar-refractivity contribution is 6.14. The van der Waals surface area contributed by atoms with Crippen LogP contribution in [0.25, 0.3) is 10.9 Å². The Morgan fingerprint density at radius 3 is 2.42 bits per heavy atom. The molecule has 122 valence electrons. The van der Waals surface area contributed by atoms with Crippen molar-refractivity contribution >= 4 is 28.5 Å². The molecule has 0 aliphatic heterocycles. The van der Waals surface area contributed by atoms with Crippen molar-refractivity contribution in [3.63, 3.8) is 0 Å². The molecule has 24 heavy (non-hydrogen) atoms. The lowest BCUT2D eigenvalue weighted by Crippen LogP contribution is -2.13. The summed E-state index contributed by atoms with van der Waals surface area (Å²) < 4.78 is 4.66. The maximum atomic E-state index is 12.7. The van der Waals surface area contributed by atoms with Gasteiger partial charge in [0.1, 0.15) is 0 Å². The van der Waals surface area contributed by atoms with E-state index in [2.05, 4.69) is 15.0 Å². The van der Waals surface area contributed by atoms with E-state index >= 15 is 0 Å². The van der Waals surface area contributed by atoms with E-state index in [1.807, 2.05) is 32.0 Å². The zero-order valence-electron chi connectivity index (χ0n) is 13.8. The Morgan fingerprint density at radius 2 is 1.75 bits per heavy atom. The number of fused-ring (bicyclic) bond motifs is 1. The van der Waals surface area contributed by atoms with E-state index in [0.717, 1.165) is 22.2 Å². The summed E-state index contributed by atoms with van der Waals surface area (Å²) in [4.78, 5) is 27.4. The highest BCUT2D eigenvalue weighted by Crippen LogP contribution is 2.25. The number of nitrogens with one attached hydrogen (secondary N) is 2. The van der Waals surface area contributed by atoms with E-state index in [-0.39, 0.29) is 5.91 Å². The zero-order chi connectivity index (χ0) is 17.3. The minimum absolute atomic E-state index is 0.185. The molecule has 2 N–H and O–H groups in total. The monoisotopic (exact) mass is 322 g/mol. The second-order valence-electron chi connectivity index (χ2n) is 5.65. The number of anilines is 1. The molecule has 0 atom stereocenters. The molecule has 1 aromatic heterocycles. The van der Waals surface area contributed by atoms with Crippen LogP contribution >= 0.6 is 0 Å². The number of para-hydroxylation sites is 1. The normalized spacial score (nSPS) is 10.6. The number of aryl methyl sites for hydroxylation is 2. The summed E-state index contributed by atoms with van der Waals surface area (Å²) in [6.45, 7) is 3.89. The lowest BCUT2D eigenvalue weighted by molar-refractivity contribution is 0.0600. The first kappa shape index (κ1) is 15.8. The number of amides is 1. The van der Waals surface area contributed by atoms with Gasteiger partial charge in [0, 0.05) is 22.3 Å². The van der Waals surface area contributed by atoms with Crippen molar-refractivity contribution in [3.05, 3.63) is 64.8 Å². The summed E-state index contributed by atoms with van der Waals surface area (Å²) in [5.41, 5.74) is 4.58. The number of hydrogen-bond acceptors (Lipinski definition) is 3. The summed E-state index contributed by atoms with van der Waals surface area (Å²) in [7, 11) is 1.33. The lowest BCUT2D eigenvalue weighted by Gasteiger charge is -2.06. The van der Waals surface area contributed by atoms with Crippen LogP contribution in [0.5, 0.6) is 0 Å². The molecule has 0 fully saturated rings. The smallest absolute Gasteiger partial charge is 0.337 e. The maximum absolute atomic E-state index is 12.7. The molecule has 0 aliphatic carbocycles. The van der Waals surface area contributed by atoms with Crippen LogP contribution in [0.4, 0.5) is 5.69 Å². The third-order valence-electron chi connectivity index (χ3n) is 4.02. The molecular weight excluding hydrogens is 304 g/mol. The first-order valence-corrected chi connectivity index (χ1v) is 7.59. The number of ether oxygens (including phenoxy) is 1. The highest BCUT2D eigenvalue weighted by Gasteiger charge is 2.17. The van der Waals surface area contributed by atoms with Crippen molar-refractivity contribution in [3.8, 4) is 0 Å². The molecule has 3 rings (SSSR count). The third-order valence-corrected chi connectivity index (χ3v) is 4.02. The SMILES string of the molecule is COC(=O)c1ccc(NC(=O)c2c(C)[nH]c3c(C)cccc23)cc1. The second kappa shape index (κ2) is 6.20. The van der Waals surface area contributed by atoms with Gasteiger partial charge in [-0.3, -0.25) is 4.79 Å². The standard InChI is InChI=1S/C19H18N2O3/c1-11-5-4-6-15-16(12(2)20-17(11)15)18(22)21-14-9-7-13(8-10-14)19(23)24-3/h4-10,20H,1-3H3,(H,21,22). The number of rotatable bonds is 3. The molecule has 5 heteroatoms. The Labute approximate surface area is 139 Å². The topological polar surface area (TPSA) is 71.2 Å². The number of aromatic amines is 1. The van der Waals surface area contributed by atoms with Crippen LogP contribution in [0.3, 0.4) is 0 Å². The molecule has 0 bridgehead atoms. The Morgan fingerprint density at radius 1 is 1.04 bits per heavy atom. The number of carbonyl (C=O) groups is 2. The maximum Gasteiger partial charge on any atom is 0.337 e. The van der Waals surface area contributed by atoms with Gasteiger partial charge >= 0.3 is 5.97 Å². The molecule has 3 aromatic rings. The van der Waals surface area contributed by atoms with E-state index in [9.17, 15) is 9.59 Å². The second-order valence-corrected chi connectivity index (χ2v) is 5.65. The first-order valence-electron chi connectivity index (χ1n) is 7.59. The summed E-state index contributed by atoms with van der Waals surface area (Å²) in [6.07, 6.45) is 0. The van der Waals surface area contributed by atoms with Crippen LogP contribution < -0.4 is 5.32 Å². The minimum atomic E-state index is -0.407. The van der Waals surface area contributed by atoms with Gasteiger partial charge < -0.3 is 15.0 Å². The van der Waals surface area contributed by atoms with Gasteiger partial charge in [0.15, 0.2) is 0 Å². The predicted molar refractivity (Wildman–Crippen MR) is 93.5 cm³/mol. The molecule has 0 unspecified atom stereocenters. The predicted octanol–water partition coefficient (Wildman–Crippen LogP) is 3.82. The molecule has 1 amide bonds. The summed E-state index contributed by atoms with van der Waals surface area (Å²) in [5.74, 6) is -0.592. The van der Waals surface area contributed by atoms with E-state index in [1.54, 1.807) is 24.3 Å². The molecular formula is C19H18N2O3. The van der Waals surface area contributed by atoms with E-state index in [1.165, 1.54) is 7.11 Å². The van der Waals surface area contributed by atoms with E-state index in [0.29, 0.717) is 16.8 Å². The van der Waals surface area contributed by atoms with Crippen molar-refractivity contribution in [2.45, 2.75) is 13.8 Å². The average Bonchev–Trinajstić information content (AvgIpc) is 2.92. The quantitative estimate of drug-likeness (QED) is 0.720. The molecule has 0 radical (unpaired) electrons. The fraction of sp³-hybridized carbons (Fsp3) is 0.158. The Kier molecular flexibility index (Phi) is 4.08. The first-order chi connectivity index (χ1) is 11.5. The van der Waals surface area contributed by atoms with Crippen LogP contribution in [-0.4, -0.2) is 24.0 Å². The van der Waals surface area contributed by atoms with Gasteiger partial charge in [-0.05, 0) is 43.7 Å². The number of H-pyrrole nitrogens is 1. The number of esters is 1. The number of methoxy groups -OCH3 is 1. The summed E-state index contributed by atoms with van der Waals surface area (Å²) >= 11 is 0. The Hall–Kier alpha value is -3.08. The fourth-order valence-electron chi connectivity index (χ4n) is 2.79. The third kappa shape index (κ3) is 2.76. The van der Waals surface area contributed by atoms with Gasteiger partial charge in [0.2, 0.25) is 0 Å². The van der Waals surface area contributed by atoms with Crippen molar-refractivity contribution in [1.82, 2.24) is 4.98 Å². The van der Waals surface area contributed by atoms with Crippen molar-refractivity contribution in [2.24, 2.45) is 0 Å². The molecule has 1 heterocycles. The average molecular weight is 322 g/mol. The van der Waals surface area contributed by atoms with Crippen molar-refractivity contribution in [1.29, 1.82) is 0 Å². The minimum Gasteiger partial charge on any atom is -0.465 e. The van der Waals surface area contributed by atoms with Crippen LogP contribution in [0.1, 0.15) is 32.0 Å². The number of hydrogen-bond donors (Lipinski definition) is 2.